The van der Waals surface area contributed by atoms with E-state index in [4.69, 9.17) is 9.47 Å². The highest BCUT2D eigenvalue weighted by atomic mass is 16.5. The zero-order valence-electron chi connectivity index (χ0n) is 17.0. The SMILES string of the molecule is CN=C(NCC(c1ccc(C)cc1)N1CCOCC1)NCC1(C)CCCO1. The van der Waals surface area contributed by atoms with E-state index in [0.29, 0.717) is 6.04 Å². The molecule has 0 radical (unpaired) electrons. The van der Waals surface area contributed by atoms with Crippen molar-refractivity contribution in [2.75, 3.05) is 53.0 Å². The van der Waals surface area contributed by atoms with Gasteiger partial charge in [-0.05, 0) is 32.3 Å². The summed E-state index contributed by atoms with van der Waals surface area (Å²) >= 11 is 0. The standard InChI is InChI=1S/C21H34N4O2/c1-17-5-7-18(8-6-17)19(25-10-13-26-14-11-25)15-23-20(22-3)24-16-21(2)9-4-12-27-21/h5-8,19H,4,9-16H2,1-3H3,(H2,22,23,24). The Bertz CT molecular complexity index is 605. The number of benzene rings is 1. The van der Waals surface area contributed by atoms with Crippen LogP contribution >= 0.6 is 0 Å². The van der Waals surface area contributed by atoms with Gasteiger partial charge in [0.05, 0.1) is 24.9 Å². The molecule has 2 heterocycles. The van der Waals surface area contributed by atoms with Gasteiger partial charge in [-0.3, -0.25) is 9.89 Å². The summed E-state index contributed by atoms with van der Waals surface area (Å²) in [7, 11) is 1.82. The van der Waals surface area contributed by atoms with E-state index in [1.807, 2.05) is 7.05 Å². The number of morpholine rings is 1. The predicted molar refractivity (Wildman–Crippen MR) is 109 cm³/mol. The molecule has 2 aliphatic rings. The largest absolute Gasteiger partial charge is 0.379 e. The Labute approximate surface area is 163 Å². The molecule has 6 nitrogen and oxygen atoms in total. The topological polar surface area (TPSA) is 58.1 Å². The summed E-state index contributed by atoms with van der Waals surface area (Å²) in [5.41, 5.74) is 2.53. The van der Waals surface area contributed by atoms with E-state index >= 15 is 0 Å². The smallest absolute Gasteiger partial charge is 0.191 e. The summed E-state index contributed by atoms with van der Waals surface area (Å²) in [5.74, 6) is 0.831. The van der Waals surface area contributed by atoms with Crippen molar-refractivity contribution >= 4 is 5.96 Å². The molecule has 1 aromatic rings. The minimum absolute atomic E-state index is 0.0851. The monoisotopic (exact) mass is 374 g/mol. The Kier molecular flexibility index (Phi) is 7.10. The van der Waals surface area contributed by atoms with Crippen LogP contribution in [0.5, 0.6) is 0 Å². The van der Waals surface area contributed by atoms with Crippen molar-refractivity contribution < 1.29 is 9.47 Å². The first-order valence-electron chi connectivity index (χ1n) is 10.1. The van der Waals surface area contributed by atoms with E-state index in [2.05, 4.69) is 58.6 Å². The van der Waals surface area contributed by atoms with Gasteiger partial charge in [0.1, 0.15) is 0 Å². The molecule has 0 amide bonds. The maximum atomic E-state index is 5.87. The van der Waals surface area contributed by atoms with Crippen LogP contribution in [-0.4, -0.2) is 69.5 Å². The zero-order valence-corrected chi connectivity index (χ0v) is 17.0. The Morgan fingerprint density at radius 3 is 2.56 bits per heavy atom. The first kappa shape index (κ1) is 20.1. The molecule has 2 N–H and O–H groups in total. The van der Waals surface area contributed by atoms with Crippen molar-refractivity contribution in [3.63, 3.8) is 0 Å². The van der Waals surface area contributed by atoms with Gasteiger partial charge >= 0.3 is 0 Å². The van der Waals surface area contributed by atoms with Crippen LogP contribution in [0, 0.1) is 6.92 Å². The van der Waals surface area contributed by atoms with E-state index < -0.39 is 0 Å². The quantitative estimate of drug-likeness (QED) is 0.590. The number of ether oxygens (including phenoxy) is 2. The van der Waals surface area contributed by atoms with Gasteiger partial charge in [-0.1, -0.05) is 29.8 Å². The molecule has 2 fully saturated rings. The van der Waals surface area contributed by atoms with Crippen molar-refractivity contribution in [3.05, 3.63) is 35.4 Å². The average Bonchev–Trinajstić information content (AvgIpc) is 3.13. The highest BCUT2D eigenvalue weighted by molar-refractivity contribution is 5.79. The number of nitrogens with one attached hydrogen (secondary N) is 2. The van der Waals surface area contributed by atoms with Crippen molar-refractivity contribution in [1.29, 1.82) is 0 Å². The number of aliphatic imine (C=N–C) groups is 1. The van der Waals surface area contributed by atoms with E-state index in [-0.39, 0.29) is 5.60 Å². The van der Waals surface area contributed by atoms with Gasteiger partial charge in [0.2, 0.25) is 0 Å². The van der Waals surface area contributed by atoms with Crippen molar-refractivity contribution in [2.24, 2.45) is 4.99 Å². The third-order valence-corrected chi connectivity index (χ3v) is 5.57. The van der Waals surface area contributed by atoms with E-state index in [9.17, 15) is 0 Å². The molecule has 2 atom stereocenters. The van der Waals surface area contributed by atoms with E-state index in [1.54, 1.807) is 0 Å². The number of hydrogen-bond donors (Lipinski definition) is 2. The van der Waals surface area contributed by atoms with Gasteiger partial charge < -0.3 is 20.1 Å². The molecular formula is C21H34N4O2. The van der Waals surface area contributed by atoms with E-state index in [0.717, 1.165) is 64.8 Å². The lowest BCUT2D eigenvalue weighted by atomic mass is 10.0. The molecule has 0 aliphatic carbocycles. The number of rotatable bonds is 6. The lowest BCUT2D eigenvalue weighted by Gasteiger charge is -2.35. The predicted octanol–water partition coefficient (Wildman–Crippen LogP) is 2.10. The average molecular weight is 375 g/mol. The molecule has 2 saturated heterocycles. The maximum absolute atomic E-state index is 5.87. The Hall–Kier alpha value is -1.63. The number of aryl methyl sites for hydroxylation is 1. The van der Waals surface area contributed by atoms with Crippen LogP contribution in [0.25, 0.3) is 0 Å². The fourth-order valence-electron chi connectivity index (χ4n) is 3.80. The first-order chi connectivity index (χ1) is 13.1. The molecule has 0 saturated carbocycles. The van der Waals surface area contributed by atoms with Crippen LogP contribution in [0.3, 0.4) is 0 Å². The number of nitrogens with zero attached hydrogens (tertiary/aromatic N) is 2. The molecule has 6 heteroatoms. The fraction of sp³-hybridized carbons (Fsp3) is 0.667. The second-order valence-electron chi connectivity index (χ2n) is 7.78. The summed E-state index contributed by atoms with van der Waals surface area (Å²) in [6.45, 7) is 10.2. The van der Waals surface area contributed by atoms with Crippen LogP contribution < -0.4 is 10.6 Å². The first-order valence-corrected chi connectivity index (χ1v) is 10.1. The van der Waals surface area contributed by atoms with Crippen LogP contribution in [0.1, 0.15) is 36.9 Å². The molecule has 150 valence electrons. The number of hydrogen-bond acceptors (Lipinski definition) is 4. The molecule has 3 rings (SSSR count). The summed E-state index contributed by atoms with van der Waals surface area (Å²) in [5, 5.41) is 6.96. The minimum atomic E-state index is -0.0851. The minimum Gasteiger partial charge on any atom is -0.379 e. The van der Waals surface area contributed by atoms with Gasteiger partial charge in [-0.15, -0.1) is 0 Å². The third kappa shape index (κ3) is 5.67. The fourth-order valence-corrected chi connectivity index (χ4v) is 3.80. The molecule has 27 heavy (non-hydrogen) atoms. The van der Waals surface area contributed by atoms with Crippen LogP contribution in [-0.2, 0) is 9.47 Å². The molecule has 2 unspecified atom stereocenters. The third-order valence-electron chi connectivity index (χ3n) is 5.57. The van der Waals surface area contributed by atoms with Gasteiger partial charge in [0.25, 0.3) is 0 Å². The Balaban J connectivity index is 1.61. The summed E-state index contributed by atoms with van der Waals surface area (Å²) in [6, 6.07) is 9.15. The summed E-state index contributed by atoms with van der Waals surface area (Å²) < 4.78 is 11.4. The van der Waals surface area contributed by atoms with Crippen LogP contribution in [0.2, 0.25) is 0 Å². The Morgan fingerprint density at radius 1 is 1.19 bits per heavy atom. The normalized spacial score (nSPS) is 25.4. The lowest BCUT2D eigenvalue weighted by molar-refractivity contribution is 0.0167. The highest BCUT2D eigenvalue weighted by Gasteiger charge is 2.30. The molecule has 1 aromatic carbocycles. The van der Waals surface area contributed by atoms with Gasteiger partial charge in [0, 0.05) is 39.8 Å². The Morgan fingerprint density at radius 2 is 1.93 bits per heavy atom. The van der Waals surface area contributed by atoms with Crippen molar-refractivity contribution in [1.82, 2.24) is 15.5 Å². The van der Waals surface area contributed by atoms with Gasteiger partial charge in [-0.2, -0.15) is 0 Å². The van der Waals surface area contributed by atoms with Crippen molar-refractivity contribution in [3.8, 4) is 0 Å². The van der Waals surface area contributed by atoms with Crippen LogP contribution in [0.15, 0.2) is 29.3 Å². The van der Waals surface area contributed by atoms with Gasteiger partial charge in [-0.25, -0.2) is 0 Å². The molecule has 2 aliphatic heterocycles. The van der Waals surface area contributed by atoms with Crippen LogP contribution in [0.4, 0.5) is 0 Å². The summed E-state index contributed by atoms with van der Waals surface area (Å²) in [6.07, 6.45) is 2.23. The second kappa shape index (κ2) is 9.53. The number of guanidine groups is 1. The maximum Gasteiger partial charge on any atom is 0.191 e. The molecular weight excluding hydrogens is 340 g/mol. The molecule has 0 spiro atoms. The van der Waals surface area contributed by atoms with Gasteiger partial charge in [0.15, 0.2) is 5.96 Å². The molecule has 0 bridgehead atoms. The highest BCUT2D eigenvalue weighted by Crippen LogP contribution is 2.24. The zero-order chi connectivity index (χ0) is 19.1. The van der Waals surface area contributed by atoms with E-state index in [1.165, 1.54) is 11.1 Å². The summed E-state index contributed by atoms with van der Waals surface area (Å²) in [4.78, 5) is 6.90. The van der Waals surface area contributed by atoms with Crippen molar-refractivity contribution in [2.45, 2.75) is 38.3 Å². The second-order valence-corrected chi connectivity index (χ2v) is 7.78. The molecule has 0 aromatic heterocycles. The lowest BCUT2D eigenvalue weighted by Crippen LogP contribution is -2.49.